The molecular formula is C23H19F4N5O2. The molecule has 0 saturated heterocycles. The molecule has 1 atom stereocenters. The molecule has 0 aliphatic heterocycles. The lowest BCUT2D eigenvalue weighted by atomic mass is 9.96. The lowest BCUT2D eigenvalue weighted by Gasteiger charge is -2.26. The van der Waals surface area contributed by atoms with Crippen molar-refractivity contribution < 1.29 is 27.5 Å². The van der Waals surface area contributed by atoms with Gasteiger partial charge in [0.2, 0.25) is 5.60 Å². The van der Waals surface area contributed by atoms with Crippen LogP contribution in [0, 0.1) is 5.82 Å². The van der Waals surface area contributed by atoms with Crippen LogP contribution >= 0.6 is 0 Å². The fourth-order valence-electron chi connectivity index (χ4n) is 3.65. The summed E-state index contributed by atoms with van der Waals surface area (Å²) in [5.74, 6) is -1.16. The number of fused-ring (bicyclic) bond motifs is 1. The number of hydrogen-bond acceptors (Lipinski definition) is 5. The summed E-state index contributed by atoms with van der Waals surface area (Å²) in [7, 11) is 0. The maximum absolute atomic E-state index is 13.4. The Kier molecular flexibility index (Phi) is 5.82. The van der Waals surface area contributed by atoms with Crippen LogP contribution in [0.1, 0.15) is 35.1 Å². The number of hydrogen-bond donors (Lipinski definition) is 2. The molecule has 0 radical (unpaired) electrons. The molecule has 0 spiro atoms. The van der Waals surface area contributed by atoms with Gasteiger partial charge in [-0.1, -0.05) is 36.4 Å². The zero-order valence-electron chi connectivity index (χ0n) is 17.8. The van der Waals surface area contributed by atoms with Crippen LogP contribution in [-0.4, -0.2) is 37.2 Å². The van der Waals surface area contributed by atoms with Crippen molar-refractivity contribution in [3.63, 3.8) is 0 Å². The third-order valence-electron chi connectivity index (χ3n) is 5.57. The molecule has 0 fully saturated rings. The summed E-state index contributed by atoms with van der Waals surface area (Å²) in [5.41, 5.74) is 4.02. The standard InChI is InChI=1S/C23H19F4N5O2/c1-2-22(34,23(25,26)27)20-12-32(31-30-20)11-13-3-8-16-17(14-4-6-15(24)7-5-14)10-19(21(28)33)29-18(16)9-13/h3-10,12,34H,2,11H2,1H3,(H2,28,33). The number of aliphatic hydroxyl groups is 1. The summed E-state index contributed by atoms with van der Waals surface area (Å²) in [6, 6.07) is 12.3. The Balaban J connectivity index is 1.73. The first-order chi connectivity index (χ1) is 16.0. The molecule has 0 bridgehead atoms. The smallest absolute Gasteiger partial charge is 0.375 e. The molecule has 3 N–H and O–H groups in total. The van der Waals surface area contributed by atoms with Gasteiger partial charge in [0.05, 0.1) is 18.3 Å². The Labute approximate surface area is 190 Å². The Morgan fingerprint density at radius 2 is 1.82 bits per heavy atom. The number of nitrogens with two attached hydrogens (primary N) is 1. The molecule has 2 aromatic carbocycles. The summed E-state index contributed by atoms with van der Waals surface area (Å²) in [6.45, 7) is 1.24. The average molecular weight is 473 g/mol. The van der Waals surface area contributed by atoms with Crippen molar-refractivity contribution in [1.82, 2.24) is 20.0 Å². The molecular weight excluding hydrogens is 454 g/mol. The van der Waals surface area contributed by atoms with Crippen molar-refractivity contribution in [2.24, 2.45) is 5.73 Å². The third kappa shape index (κ3) is 4.21. The van der Waals surface area contributed by atoms with Gasteiger partial charge in [-0.05, 0) is 47.4 Å². The van der Waals surface area contributed by atoms with Crippen LogP contribution < -0.4 is 5.73 Å². The van der Waals surface area contributed by atoms with Crippen molar-refractivity contribution >= 4 is 16.8 Å². The van der Waals surface area contributed by atoms with Crippen molar-refractivity contribution in [3.05, 3.63) is 77.5 Å². The fraction of sp³-hybridized carbons (Fsp3) is 0.217. The highest BCUT2D eigenvalue weighted by atomic mass is 19.4. The van der Waals surface area contributed by atoms with Crippen LogP contribution in [0.4, 0.5) is 17.6 Å². The van der Waals surface area contributed by atoms with E-state index in [1.807, 2.05) is 0 Å². The van der Waals surface area contributed by atoms with E-state index < -0.39 is 35.6 Å². The van der Waals surface area contributed by atoms with Gasteiger partial charge in [-0.25, -0.2) is 14.1 Å². The molecule has 4 rings (SSSR count). The lowest BCUT2D eigenvalue weighted by molar-refractivity contribution is -0.269. The number of aromatic nitrogens is 4. The quantitative estimate of drug-likeness (QED) is 0.413. The normalized spacial score (nSPS) is 13.7. The van der Waals surface area contributed by atoms with Crippen molar-refractivity contribution in [2.75, 3.05) is 0 Å². The highest BCUT2D eigenvalue weighted by Crippen LogP contribution is 2.40. The minimum Gasteiger partial charge on any atom is -0.375 e. The van der Waals surface area contributed by atoms with Gasteiger partial charge in [-0.2, -0.15) is 13.2 Å². The second kappa shape index (κ2) is 8.49. The Hall–Kier alpha value is -3.86. The van der Waals surface area contributed by atoms with E-state index >= 15 is 0 Å². The number of pyridine rings is 1. The third-order valence-corrected chi connectivity index (χ3v) is 5.57. The summed E-state index contributed by atoms with van der Waals surface area (Å²) >= 11 is 0. The highest BCUT2D eigenvalue weighted by Gasteiger charge is 2.55. The first-order valence-electron chi connectivity index (χ1n) is 10.2. The minimum atomic E-state index is -4.91. The summed E-state index contributed by atoms with van der Waals surface area (Å²) in [5, 5.41) is 18.0. The van der Waals surface area contributed by atoms with Gasteiger partial charge in [-0.15, -0.1) is 5.10 Å². The predicted octanol–water partition coefficient (Wildman–Crippen LogP) is 3.94. The van der Waals surface area contributed by atoms with Gasteiger partial charge in [0.1, 0.15) is 17.2 Å². The molecule has 0 aliphatic rings. The van der Waals surface area contributed by atoms with Crippen LogP contribution in [-0.2, 0) is 12.1 Å². The minimum absolute atomic E-state index is 0.00482. The lowest BCUT2D eigenvalue weighted by Crippen LogP contribution is -2.42. The molecule has 2 heterocycles. The topological polar surface area (TPSA) is 107 Å². The first kappa shape index (κ1) is 23.3. The monoisotopic (exact) mass is 473 g/mol. The predicted molar refractivity (Wildman–Crippen MR) is 115 cm³/mol. The van der Waals surface area contributed by atoms with E-state index in [9.17, 15) is 27.5 Å². The van der Waals surface area contributed by atoms with Gasteiger partial charge in [-0.3, -0.25) is 4.79 Å². The summed E-state index contributed by atoms with van der Waals surface area (Å²) < 4.78 is 54.5. The Morgan fingerprint density at radius 3 is 2.44 bits per heavy atom. The highest BCUT2D eigenvalue weighted by molar-refractivity contribution is 6.00. The molecule has 34 heavy (non-hydrogen) atoms. The van der Waals surface area contributed by atoms with Crippen LogP contribution in [0.2, 0.25) is 0 Å². The van der Waals surface area contributed by atoms with Gasteiger partial charge in [0.25, 0.3) is 5.91 Å². The van der Waals surface area contributed by atoms with Crippen LogP contribution in [0.25, 0.3) is 22.0 Å². The number of halogens is 4. The largest absolute Gasteiger partial charge is 0.423 e. The zero-order valence-corrected chi connectivity index (χ0v) is 17.8. The zero-order chi connectivity index (χ0) is 24.7. The number of nitrogens with zero attached hydrogens (tertiary/aromatic N) is 4. The molecule has 11 heteroatoms. The Bertz CT molecular complexity index is 1370. The number of carbonyl (C=O) groups excluding carboxylic acids is 1. The van der Waals surface area contributed by atoms with E-state index in [-0.39, 0.29) is 12.2 Å². The average Bonchev–Trinajstić information content (AvgIpc) is 3.26. The van der Waals surface area contributed by atoms with Crippen LogP contribution in [0.5, 0.6) is 0 Å². The van der Waals surface area contributed by atoms with Crippen molar-refractivity contribution in [2.45, 2.75) is 31.7 Å². The second-order valence-electron chi connectivity index (χ2n) is 7.79. The first-order valence-corrected chi connectivity index (χ1v) is 10.2. The van der Waals surface area contributed by atoms with E-state index in [0.717, 1.165) is 6.20 Å². The number of alkyl halides is 3. The second-order valence-corrected chi connectivity index (χ2v) is 7.79. The number of benzene rings is 2. The SMILES string of the molecule is CCC(O)(c1cn(Cc2ccc3c(-c4ccc(F)cc4)cc(C(N)=O)nc3c2)nn1)C(F)(F)F. The number of carbonyl (C=O) groups is 1. The van der Waals surface area contributed by atoms with Gasteiger partial charge >= 0.3 is 6.18 Å². The van der Waals surface area contributed by atoms with E-state index in [4.69, 9.17) is 5.73 Å². The van der Waals surface area contributed by atoms with Crippen LogP contribution in [0.15, 0.2) is 54.7 Å². The molecule has 0 saturated carbocycles. The number of primary amides is 1. The van der Waals surface area contributed by atoms with Gasteiger partial charge in [0, 0.05) is 5.39 Å². The van der Waals surface area contributed by atoms with Gasteiger partial charge < -0.3 is 10.8 Å². The van der Waals surface area contributed by atoms with E-state index in [1.54, 1.807) is 30.3 Å². The maximum Gasteiger partial charge on any atom is 0.423 e. The summed E-state index contributed by atoms with van der Waals surface area (Å²) in [6.07, 6.45) is -4.48. The number of rotatable bonds is 6. The molecule has 176 valence electrons. The van der Waals surface area contributed by atoms with Crippen molar-refractivity contribution in [3.8, 4) is 11.1 Å². The fourth-order valence-corrected chi connectivity index (χ4v) is 3.65. The van der Waals surface area contributed by atoms with Gasteiger partial charge in [0.15, 0.2) is 0 Å². The van der Waals surface area contributed by atoms with E-state index in [2.05, 4.69) is 15.3 Å². The molecule has 7 nitrogen and oxygen atoms in total. The summed E-state index contributed by atoms with van der Waals surface area (Å²) in [4.78, 5) is 16.1. The molecule has 2 aromatic heterocycles. The molecule has 0 aliphatic carbocycles. The Morgan fingerprint density at radius 1 is 1.12 bits per heavy atom. The maximum atomic E-state index is 13.4. The van der Waals surface area contributed by atoms with Crippen LogP contribution in [0.3, 0.4) is 0 Å². The number of amides is 1. The van der Waals surface area contributed by atoms with E-state index in [0.29, 0.717) is 27.6 Å². The molecule has 4 aromatic rings. The molecule has 1 unspecified atom stereocenters. The molecule has 1 amide bonds. The van der Waals surface area contributed by atoms with E-state index in [1.165, 1.54) is 29.8 Å². The van der Waals surface area contributed by atoms with Crippen molar-refractivity contribution in [1.29, 1.82) is 0 Å².